The molecular weight excluding hydrogens is 156 g/mol. The Balaban J connectivity index is 2.84. The van der Waals surface area contributed by atoms with E-state index in [2.05, 4.69) is 41.5 Å². The molecule has 1 aliphatic rings. The summed E-state index contributed by atoms with van der Waals surface area (Å²) in [4.78, 5) is 0. The van der Waals surface area contributed by atoms with Crippen molar-refractivity contribution in [1.82, 2.24) is 0 Å². The van der Waals surface area contributed by atoms with Gasteiger partial charge in [-0.05, 0) is 22.7 Å². The van der Waals surface area contributed by atoms with Gasteiger partial charge >= 0.3 is 0 Å². The van der Waals surface area contributed by atoms with Crippen LogP contribution < -0.4 is 0 Å². The molecule has 0 amide bonds. The highest BCUT2D eigenvalue weighted by Crippen LogP contribution is 2.74. The van der Waals surface area contributed by atoms with E-state index < -0.39 is 0 Å². The van der Waals surface area contributed by atoms with Gasteiger partial charge < -0.3 is 0 Å². The van der Waals surface area contributed by atoms with Gasteiger partial charge in [-0.1, -0.05) is 60.8 Å². The summed E-state index contributed by atoms with van der Waals surface area (Å²) in [7, 11) is 0. The van der Waals surface area contributed by atoms with Crippen molar-refractivity contribution in [2.45, 2.75) is 67.2 Å². The van der Waals surface area contributed by atoms with Crippen molar-refractivity contribution in [3.05, 3.63) is 0 Å². The van der Waals surface area contributed by atoms with Gasteiger partial charge in [0.05, 0.1) is 0 Å². The minimum Gasteiger partial charge on any atom is -0.0648 e. The molecule has 0 N–H and O–H groups in total. The molecule has 1 aliphatic carbocycles. The van der Waals surface area contributed by atoms with Gasteiger partial charge in [-0.25, -0.2) is 0 Å². The molecule has 78 valence electrons. The quantitative estimate of drug-likeness (QED) is 0.594. The highest BCUT2D eigenvalue weighted by atomic mass is 14.7. The van der Waals surface area contributed by atoms with E-state index in [4.69, 9.17) is 0 Å². The van der Waals surface area contributed by atoms with Gasteiger partial charge in [0.2, 0.25) is 0 Å². The summed E-state index contributed by atoms with van der Waals surface area (Å²) in [6.45, 7) is 14.5. The molecular formula is C13H26. The molecule has 1 saturated carbocycles. The topological polar surface area (TPSA) is 0 Å². The zero-order valence-corrected chi connectivity index (χ0v) is 10.3. The minimum atomic E-state index is 0.567. The van der Waals surface area contributed by atoms with Crippen molar-refractivity contribution in [3.8, 4) is 0 Å². The van der Waals surface area contributed by atoms with Crippen LogP contribution >= 0.6 is 0 Å². The molecule has 0 aromatic carbocycles. The molecule has 0 saturated heterocycles. The van der Waals surface area contributed by atoms with Crippen LogP contribution in [0.5, 0.6) is 0 Å². The summed E-state index contributed by atoms with van der Waals surface area (Å²) in [6, 6.07) is 0. The summed E-state index contributed by atoms with van der Waals surface area (Å²) in [5.74, 6) is 0. The molecule has 0 heterocycles. The first-order valence-electron chi connectivity index (χ1n) is 5.89. The van der Waals surface area contributed by atoms with Gasteiger partial charge in [0.15, 0.2) is 0 Å². The standard InChI is InChI=1S/C13H26/c1-7-11(4,8-2)13(6)10-12(13,5)9-3/h7-10H2,1-6H3. The molecule has 0 bridgehead atoms. The van der Waals surface area contributed by atoms with Gasteiger partial charge in [-0.3, -0.25) is 0 Å². The van der Waals surface area contributed by atoms with Gasteiger partial charge in [-0.2, -0.15) is 0 Å². The lowest BCUT2D eigenvalue weighted by Gasteiger charge is -2.38. The largest absolute Gasteiger partial charge is 0.0648 e. The minimum absolute atomic E-state index is 0.567. The molecule has 0 radical (unpaired) electrons. The Morgan fingerprint density at radius 1 is 1.08 bits per heavy atom. The highest BCUT2D eigenvalue weighted by Gasteiger charge is 2.66. The smallest absolute Gasteiger partial charge is 0.0213 e. The van der Waals surface area contributed by atoms with Gasteiger partial charge in [0.1, 0.15) is 0 Å². The molecule has 0 spiro atoms. The Kier molecular flexibility index (Phi) is 2.56. The summed E-state index contributed by atoms with van der Waals surface area (Å²) in [6.07, 6.45) is 5.44. The van der Waals surface area contributed by atoms with Crippen LogP contribution in [0.3, 0.4) is 0 Å². The molecule has 0 aromatic rings. The van der Waals surface area contributed by atoms with Crippen LogP contribution in [-0.2, 0) is 0 Å². The second kappa shape index (κ2) is 3.00. The highest BCUT2D eigenvalue weighted by molar-refractivity contribution is 5.15. The van der Waals surface area contributed by atoms with Crippen molar-refractivity contribution < 1.29 is 0 Å². The third kappa shape index (κ3) is 1.25. The van der Waals surface area contributed by atoms with E-state index in [0.717, 1.165) is 0 Å². The fraction of sp³-hybridized carbons (Fsp3) is 1.00. The molecule has 2 atom stereocenters. The summed E-state index contributed by atoms with van der Waals surface area (Å²) in [5.41, 5.74) is 1.81. The number of hydrogen-bond acceptors (Lipinski definition) is 0. The summed E-state index contributed by atoms with van der Waals surface area (Å²) in [5, 5.41) is 0. The zero-order valence-electron chi connectivity index (χ0n) is 10.3. The van der Waals surface area contributed by atoms with E-state index in [1.165, 1.54) is 25.7 Å². The van der Waals surface area contributed by atoms with Gasteiger partial charge in [-0.15, -0.1) is 0 Å². The third-order valence-corrected chi connectivity index (χ3v) is 5.62. The van der Waals surface area contributed by atoms with Crippen molar-refractivity contribution in [3.63, 3.8) is 0 Å². The molecule has 0 nitrogen and oxygen atoms in total. The van der Waals surface area contributed by atoms with Gasteiger partial charge in [0, 0.05) is 0 Å². The van der Waals surface area contributed by atoms with Crippen LogP contribution in [0, 0.1) is 16.2 Å². The second-order valence-corrected chi connectivity index (χ2v) is 5.69. The summed E-state index contributed by atoms with van der Waals surface area (Å²) >= 11 is 0. The third-order valence-electron chi connectivity index (χ3n) is 5.62. The zero-order chi connectivity index (χ0) is 10.3. The predicted octanol–water partition coefficient (Wildman–Crippen LogP) is 4.64. The lowest BCUT2D eigenvalue weighted by molar-refractivity contribution is 0.117. The van der Waals surface area contributed by atoms with Crippen LogP contribution in [0.4, 0.5) is 0 Å². The molecule has 1 rings (SSSR count). The Labute approximate surface area is 84.1 Å². The Morgan fingerprint density at radius 2 is 1.54 bits per heavy atom. The van der Waals surface area contributed by atoms with E-state index in [9.17, 15) is 0 Å². The average Bonchev–Trinajstić information content (AvgIpc) is 2.71. The first-order valence-corrected chi connectivity index (χ1v) is 5.89. The monoisotopic (exact) mass is 182 g/mol. The Bertz CT molecular complexity index is 190. The SMILES string of the molecule is CCC(C)(CC)C1(C)CC1(C)CC. The predicted molar refractivity (Wildman–Crippen MR) is 59.8 cm³/mol. The Morgan fingerprint density at radius 3 is 1.77 bits per heavy atom. The lowest BCUT2D eigenvalue weighted by Crippen LogP contribution is -2.29. The lowest BCUT2D eigenvalue weighted by atomic mass is 9.67. The maximum absolute atomic E-state index is 2.50. The summed E-state index contributed by atoms with van der Waals surface area (Å²) < 4.78 is 0. The van der Waals surface area contributed by atoms with Crippen molar-refractivity contribution in [2.75, 3.05) is 0 Å². The molecule has 1 fully saturated rings. The van der Waals surface area contributed by atoms with E-state index in [-0.39, 0.29) is 0 Å². The van der Waals surface area contributed by atoms with E-state index in [1.807, 2.05) is 0 Å². The van der Waals surface area contributed by atoms with Crippen LogP contribution in [0.2, 0.25) is 0 Å². The Hall–Kier alpha value is 0. The van der Waals surface area contributed by atoms with E-state index >= 15 is 0 Å². The number of rotatable bonds is 4. The van der Waals surface area contributed by atoms with E-state index in [1.54, 1.807) is 0 Å². The van der Waals surface area contributed by atoms with Crippen molar-refractivity contribution in [1.29, 1.82) is 0 Å². The number of hydrogen-bond donors (Lipinski definition) is 0. The second-order valence-electron chi connectivity index (χ2n) is 5.69. The molecule has 0 heteroatoms. The fourth-order valence-electron chi connectivity index (χ4n) is 3.22. The molecule has 0 aromatic heterocycles. The first-order chi connectivity index (χ1) is 5.89. The average molecular weight is 182 g/mol. The van der Waals surface area contributed by atoms with E-state index in [0.29, 0.717) is 16.2 Å². The van der Waals surface area contributed by atoms with Crippen molar-refractivity contribution in [2.24, 2.45) is 16.2 Å². The van der Waals surface area contributed by atoms with Crippen LogP contribution in [0.15, 0.2) is 0 Å². The molecule has 2 unspecified atom stereocenters. The normalized spacial score (nSPS) is 39.2. The van der Waals surface area contributed by atoms with Crippen LogP contribution in [0.25, 0.3) is 0 Å². The first kappa shape index (κ1) is 11.1. The van der Waals surface area contributed by atoms with Crippen LogP contribution in [0.1, 0.15) is 67.2 Å². The molecule has 0 aliphatic heterocycles. The van der Waals surface area contributed by atoms with Crippen LogP contribution in [-0.4, -0.2) is 0 Å². The van der Waals surface area contributed by atoms with Crippen molar-refractivity contribution >= 4 is 0 Å². The van der Waals surface area contributed by atoms with Gasteiger partial charge in [0.25, 0.3) is 0 Å². The molecule has 13 heavy (non-hydrogen) atoms. The maximum Gasteiger partial charge on any atom is -0.0213 e. The fourth-order valence-corrected chi connectivity index (χ4v) is 3.22. The maximum atomic E-state index is 2.50.